The summed E-state index contributed by atoms with van der Waals surface area (Å²) < 4.78 is 69.7. The van der Waals surface area contributed by atoms with E-state index in [9.17, 15) is 8.42 Å². The van der Waals surface area contributed by atoms with E-state index < -0.39 is 18.5 Å². The molecule has 0 atom stereocenters. The van der Waals surface area contributed by atoms with Gasteiger partial charge in [0.15, 0.2) is 11.5 Å². The third-order valence-electron chi connectivity index (χ3n) is 8.16. The molecular formula is C34H48Cl2I2N4O8S4. The molecule has 54 heavy (non-hydrogen) atoms. The Bertz CT molecular complexity index is 1840. The first-order valence-corrected chi connectivity index (χ1v) is 28.7. The van der Waals surface area contributed by atoms with E-state index in [0.29, 0.717) is 39.3 Å². The van der Waals surface area contributed by atoms with Gasteiger partial charge in [-0.3, -0.25) is 4.90 Å². The summed E-state index contributed by atoms with van der Waals surface area (Å²) in [5, 5.41) is 3.38. The monoisotopic (exact) mass is 1090 g/mol. The second-order valence-corrected chi connectivity index (χ2v) is 19.3. The normalized spacial score (nSPS) is 16.9. The van der Waals surface area contributed by atoms with E-state index >= 15 is 0 Å². The Balaban J connectivity index is 0.000000381. The Labute approximate surface area is 362 Å². The predicted octanol–water partition coefficient (Wildman–Crippen LogP) is 8.04. The standard InChI is InChI=1S/C22H27N3O5S2.C10H13NOS.2CH4.Cl2O2S.I2/c1-28-19-3-5-22-18(13-19)15-25(10-11-31-22)32(26,27)24-8-6-23(7-9-24)14-17-2-4-20-21(12-17)30-16-29-20;1-12-9-2-3-10-8(6-9)7-11-4-5-13-10;;;1-5(2,3)4;1-2/h2-5,12-13H,6-11,14-16H2,1H3;2-3,6,11H,4-5,7H2,1H3;2*1H4;;. The van der Waals surface area contributed by atoms with E-state index in [1.54, 1.807) is 34.6 Å². The van der Waals surface area contributed by atoms with Gasteiger partial charge in [-0.25, -0.2) is 0 Å². The van der Waals surface area contributed by atoms with Crippen LogP contribution in [0, 0.1) is 0 Å². The van der Waals surface area contributed by atoms with Crippen molar-refractivity contribution in [2.45, 2.75) is 44.3 Å². The number of fused-ring (bicyclic) bond motifs is 3. The van der Waals surface area contributed by atoms with Crippen molar-refractivity contribution in [3.63, 3.8) is 0 Å². The predicted molar refractivity (Wildman–Crippen MR) is 240 cm³/mol. The molecule has 0 spiro atoms. The van der Waals surface area contributed by atoms with E-state index in [4.69, 9.17) is 27.4 Å². The third-order valence-corrected chi connectivity index (χ3v) is 12.4. The van der Waals surface area contributed by atoms with E-state index in [1.165, 1.54) is 10.5 Å². The van der Waals surface area contributed by atoms with E-state index in [0.717, 1.165) is 70.2 Å². The SMILES string of the molecule is C.C.COc1ccc2c(c1)CN(S(=O)(=O)N1CCN(Cc3ccc4c(c3)OCO4)CC1)CCS2.COc1ccc2c(c1)CNCCS2.II.O=S(=O)(Cl)Cl. The number of ether oxygens (including phenoxy) is 4. The van der Waals surface area contributed by atoms with Crippen LogP contribution in [0.1, 0.15) is 31.5 Å². The summed E-state index contributed by atoms with van der Waals surface area (Å²) in [5.41, 5.74) is 3.49. The third kappa shape index (κ3) is 15.3. The highest BCUT2D eigenvalue weighted by molar-refractivity contribution is 15.0. The minimum absolute atomic E-state index is 0. The molecule has 4 aliphatic rings. The first-order chi connectivity index (χ1) is 24.9. The van der Waals surface area contributed by atoms with Gasteiger partial charge in [-0.1, -0.05) is 20.9 Å². The first kappa shape index (κ1) is 49.5. The van der Waals surface area contributed by atoms with Crippen LogP contribution in [-0.2, 0) is 38.1 Å². The zero-order valence-corrected chi connectivity index (χ0v) is 37.5. The van der Waals surface area contributed by atoms with Crippen molar-refractivity contribution in [3.05, 3.63) is 71.3 Å². The average molecular weight is 1090 g/mol. The summed E-state index contributed by atoms with van der Waals surface area (Å²) in [6.45, 7) is 6.31. The number of rotatable bonds is 6. The van der Waals surface area contributed by atoms with Crippen molar-refractivity contribution >= 4 is 101 Å². The summed E-state index contributed by atoms with van der Waals surface area (Å²) in [4.78, 5) is 4.78. The fraction of sp³-hybridized carbons (Fsp3) is 0.471. The molecule has 3 aromatic rings. The molecule has 1 N–H and O–H groups in total. The summed E-state index contributed by atoms with van der Waals surface area (Å²) >= 11 is 7.85. The number of benzene rings is 3. The quantitative estimate of drug-likeness (QED) is 0.190. The maximum absolute atomic E-state index is 13.4. The second kappa shape index (κ2) is 24.3. The molecule has 0 radical (unpaired) electrons. The zero-order valence-electron chi connectivity index (χ0n) is 28.4. The van der Waals surface area contributed by atoms with Gasteiger partial charge in [-0.15, -0.1) is 23.5 Å². The van der Waals surface area contributed by atoms with Gasteiger partial charge in [0.2, 0.25) is 6.79 Å². The van der Waals surface area contributed by atoms with Crippen molar-refractivity contribution in [2.24, 2.45) is 0 Å². The first-order valence-electron chi connectivity index (χ1n) is 15.9. The largest absolute Gasteiger partial charge is 0.497 e. The lowest BCUT2D eigenvalue weighted by Gasteiger charge is -2.36. The van der Waals surface area contributed by atoms with Crippen LogP contribution in [-0.4, -0.2) is 102 Å². The topological polar surface area (TPSA) is 127 Å². The number of piperazine rings is 1. The Morgan fingerprint density at radius 1 is 0.759 bits per heavy atom. The summed E-state index contributed by atoms with van der Waals surface area (Å²) in [6.07, 6.45) is 0. The van der Waals surface area contributed by atoms with Gasteiger partial charge in [-0.05, 0) is 65.2 Å². The lowest BCUT2D eigenvalue weighted by molar-refractivity contribution is 0.172. The minimum atomic E-state index is -3.72. The smallest absolute Gasteiger partial charge is 0.317 e. The molecule has 1 fully saturated rings. The molecule has 0 aliphatic carbocycles. The molecule has 0 aromatic heterocycles. The van der Waals surface area contributed by atoms with E-state index in [2.05, 4.69) is 80.9 Å². The van der Waals surface area contributed by atoms with Gasteiger partial charge < -0.3 is 24.3 Å². The Hall–Kier alpha value is -0.660. The van der Waals surface area contributed by atoms with Crippen molar-refractivity contribution in [1.82, 2.24) is 18.8 Å². The zero-order chi connectivity index (χ0) is 37.7. The fourth-order valence-electron chi connectivity index (χ4n) is 5.67. The van der Waals surface area contributed by atoms with Crippen molar-refractivity contribution in [1.29, 1.82) is 0 Å². The number of nitrogens with zero attached hydrogens (tertiary/aromatic N) is 3. The Morgan fingerprint density at radius 2 is 1.33 bits per heavy atom. The summed E-state index contributed by atoms with van der Waals surface area (Å²) in [7, 11) is 4.62. The van der Waals surface area contributed by atoms with Crippen molar-refractivity contribution < 1.29 is 35.8 Å². The molecule has 12 nitrogen and oxygen atoms in total. The van der Waals surface area contributed by atoms with Crippen LogP contribution in [0.15, 0.2) is 64.4 Å². The second-order valence-electron chi connectivity index (χ2n) is 11.4. The van der Waals surface area contributed by atoms with Crippen LogP contribution in [0.2, 0.25) is 0 Å². The highest BCUT2D eigenvalue weighted by Crippen LogP contribution is 2.34. The number of hydrogen-bond donors (Lipinski definition) is 1. The molecule has 20 heteroatoms. The molecular weight excluding hydrogens is 1050 g/mol. The maximum atomic E-state index is 13.4. The number of halogens is 4. The van der Waals surface area contributed by atoms with Crippen LogP contribution in [0.3, 0.4) is 0 Å². The van der Waals surface area contributed by atoms with Gasteiger partial charge in [0.1, 0.15) is 11.5 Å². The Morgan fingerprint density at radius 3 is 1.96 bits per heavy atom. The Kier molecular flexibility index (Phi) is 22.3. The molecule has 0 saturated carbocycles. The molecule has 0 bridgehead atoms. The van der Waals surface area contributed by atoms with Gasteiger partial charge in [0.25, 0.3) is 10.2 Å². The molecule has 4 aliphatic heterocycles. The molecule has 1 saturated heterocycles. The molecule has 7 rings (SSSR count). The molecule has 0 unspecified atom stereocenters. The number of thioether (sulfide) groups is 2. The highest BCUT2D eigenvalue weighted by atomic mass is 128. The molecule has 304 valence electrons. The van der Waals surface area contributed by atoms with E-state index in [1.807, 2.05) is 54.2 Å². The number of nitrogens with one attached hydrogen (secondary N) is 1. The molecule has 0 amide bonds. The average Bonchev–Trinajstić information content (AvgIpc) is 3.32. The lowest BCUT2D eigenvalue weighted by Crippen LogP contribution is -2.52. The van der Waals surface area contributed by atoms with Crippen molar-refractivity contribution in [2.75, 3.05) is 71.8 Å². The van der Waals surface area contributed by atoms with Gasteiger partial charge in [-0.2, -0.15) is 25.4 Å². The number of methoxy groups -OCH3 is 2. The highest BCUT2D eigenvalue weighted by Gasteiger charge is 2.34. The fourth-order valence-corrected chi connectivity index (χ4v) is 9.31. The van der Waals surface area contributed by atoms with Gasteiger partial charge >= 0.3 is 8.26 Å². The van der Waals surface area contributed by atoms with Crippen LogP contribution < -0.4 is 24.3 Å². The van der Waals surface area contributed by atoms with Crippen LogP contribution in [0.5, 0.6) is 23.0 Å². The molecule has 3 aromatic carbocycles. The molecule has 4 heterocycles. The van der Waals surface area contributed by atoms with Crippen LogP contribution in [0.4, 0.5) is 0 Å². The van der Waals surface area contributed by atoms with Crippen LogP contribution in [0.25, 0.3) is 0 Å². The lowest BCUT2D eigenvalue weighted by atomic mass is 10.2. The van der Waals surface area contributed by atoms with Gasteiger partial charge in [0, 0.05) is 139 Å². The number of hydrogen-bond acceptors (Lipinski definition) is 12. The minimum Gasteiger partial charge on any atom is -0.497 e. The van der Waals surface area contributed by atoms with E-state index in [-0.39, 0.29) is 21.6 Å². The van der Waals surface area contributed by atoms with Gasteiger partial charge in [0.05, 0.1) is 14.2 Å². The summed E-state index contributed by atoms with van der Waals surface area (Å²) in [5.74, 6) is 5.14. The van der Waals surface area contributed by atoms with Crippen LogP contribution >= 0.6 is 82.1 Å². The maximum Gasteiger partial charge on any atom is 0.317 e. The van der Waals surface area contributed by atoms with Crippen molar-refractivity contribution in [3.8, 4) is 23.0 Å². The summed E-state index contributed by atoms with van der Waals surface area (Å²) in [6, 6.07) is 18.1.